The fourth-order valence-electron chi connectivity index (χ4n) is 1.93. The van der Waals surface area contributed by atoms with Crippen LogP contribution in [-0.2, 0) is 9.59 Å². The van der Waals surface area contributed by atoms with Gasteiger partial charge in [-0.15, -0.1) is 0 Å². The molecule has 1 fully saturated rings. The zero-order chi connectivity index (χ0) is 16.1. The molecule has 1 unspecified atom stereocenters. The van der Waals surface area contributed by atoms with Crippen LogP contribution in [0.25, 0.3) is 0 Å². The molecule has 2 amide bonds. The molecule has 1 saturated heterocycles. The lowest BCUT2D eigenvalue weighted by atomic mass is 10.2. The van der Waals surface area contributed by atoms with E-state index in [0.717, 1.165) is 0 Å². The second-order valence-electron chi connectivity index (χ2n) is 4.68. The van der Waals surface area contributed by atoms with E-state index in [4.69, 9.17) is 0 Å². The molecule has 1 atom stereocenters. The highest BCUT2D eigenvalue weighted by molar-refractivity contribution is 8.15. The Morgan fingerprint density at radius 3 is 2.70 bits per heavy atom. The molecule has 8 heteroatoms. The van der Waals surface area contributed by atoms with Gasteiger partial charge in [-0.2, -0.15) is 4.99 Å². The first-order valence-corrected chi connectivity index (χ1v) is 7.77. The van der Waals surface area contributed by atoms with Crippen molar-refractivity contribution in [2.75, 3.05) is 5.32 Å². The summed E-state index contributed by atoms with van der Waals surface area (Å²) in [6, 6.07) is 10.8. The standard InChI is InChI=1S/C15H13N5O2S/c21-12(18-10-5-2-1-3-6-10)9-11-13(22)19-15(23-11)20-14-16-7-4-8-17-14/h1-8,11H,9H2,(H,18,21)(H,16,17,19,20,22). The maximum Gasteiger partial charge on any atom is 0.251 e. The molecule has 2 heterocycles. The van der Waals surface area contributed by atoms with E-state index in [0.29, 0.717) is 10.9 Å². The number of carbonyl (C=O) groups excluding carboxylic acids is 2. The third kappa shape index (κ3) is 4.13. The molecule has 0 radical (unpaired) electrons. The van der Waals surface area contributed by atoms with Gasteiger partial charge in [0.15, 0.2) is 5.17 Å². The maximum atomic E-state index is 12.0. The summed E-state index contributed by atoms with van der Waals surface area (Å²) < 4.78 is 0. The van der Waals surface area contributed by atoms with Crippen LogP contribution in [0.15, 0.2) is 53.8 Å². The van der Waals surface area contributed by atoms with E-state index < -0.39 is 5.25 Å². The summed E-state index contributed by atoms with van der Waals surface area (Å²) in [5.41, 5.74) is 0.701. The lowest BCUT2D eigenvalue weighted by Crippen LogP contribution is -2.28. The number of amides is 2. The van der Waals surface area contributed by atoms with Crippen molar-refractivity contribution in [3.8, 4) is 0 Å². The number of hydrogen-bond acceptors (Lipinski definition) is 6. The molecular weight excluding hydrogens is 314 g/mol. The first kappa shape index (κ1) is 15.2. The number of amidine groups is 1. The lowest BCUT2D eigenvalue weighted by molar-refractivity contribution is -0.122. The number of rotatable bonds is 4. The third-order valence-electron chi connectivity index (χ3n) is 2.96. The van der Waals surface area contributed by atoms with Gasteiger partial charge in [0.1, 0.15) is 5.25 Å². The molecule has 3 rings (SSSR count). The van der Waals surface area contributed by atoms with Crippen molar-refractivity contribution in [2.45, 2.75) is 11.7 Å². The molecule has 0 saturated carbocycles. The minimum Gasteiger partial charge on any atom is -0.326 e. The van der Waals surface area contributed by atoms with Crippen LogP contribution in [0.2, 0.25) is 0 Å². The summed E-state index contributed by atoms with van der Waals surface area (Å²) >= 11 is 1.20. The van der Waals surface area contributed by atoms with Crippen molar-refractivity contribution >= 4 is 40.4 Å². The monoisotopic (exact) mass is 327 g/mol. The largest absolute Gasteiger partial charge is 0.326 e. The van der Waals surface area contributed by atoms with Gasteiger partial charge in [0.2, 0.25) is 11.8 Å². The number of hydrogen-bond donors (Lipinski definition) is 2. The van der Waals surface area contributed by atoms with Crippen molar-refractivity contribution in [3.63, 3.8) is 0 Å². The van der Waals surface area contributed by atoms with Crippen LogP contribution in [-0.4, -0.2) is 32.2 Å². The number of carbonyl (C=O) groups is 2. The second-order valence-corrected chi connectivity index (χ2v) is 5.87. The molecule has 116 valence electrons. The third-order valence-corrected chi connectivity index (χ3v) is 4.04. The molecule has 7 nitrogen and oxygen atoms in total. The fraction of sp³-hybridized carbons (Fsp3) is 0.133. The molecular formula is C15H13N5O2S. The molecule has 0 aliphatic carbocycles. The Kier molecular flexibility index (Phi) is 4.62. The van der Waals surface area contributed by atoms with Gasteiger partial charge in [-0.05, 0) is 18.2 Å². The van der Waals surface area contributed by atoms with Gasteiger partial charge in [-0.25, -0.2) is 9.97 Å². The number of benzene rings is 1. The number of anilines is 1. The zero-order valence-corrected chi connectivity index (χ0v) is 12.8. The quantitative estimate of drug-likeness (QED) is 0.891. The van der Waals surface area contributed by atoms with Gasteiger partial charge in [-0.1, -0.05) is 30.0 Å². The van der Waals surface area contributed by atoms with E-state index in [9.17, 15) is 9.59 Å². The van der Waals surface area contributed by atoms with E-state index in [2.05, 4.69) is 25.6 Å². The predicted octanol–water partition coefficient (Wildman–Crippen LogP) is 1.72. The fourth-order valence-corrected chi connectivity index (χ4v) is 2.90. The minimum absolute atomic E-state index is 0.0695. The molecule has 2 aromatic rings. The van der Waals surface area contributed by atoms with E-state index in [1.54, 1.807) is 30.6 Å². The zero-order valence-electron chi connectivity index (χ0n) is 12.0. The van der Waals surface area contributed by atoms with Crippen LogP contribution in [0, 0.1) is 0 Å². The van der Waals surface area contributed by atoms with Crippen molar-refractivity contribution in [2.24, 2.45) is 4.99 Å². The van der Waals surface area contributed by atoms with Crippen molar-refractivity contribution < 1.29 is 9.59 Å². The van der Waals surface area contributed by atoms with Gasteiger partial charge in [0, 0.05) is 24.5 Å². The highest BCUT2D eigenvalue weighted by Crippen LogP contribution is 2.24. The number of aliphatic imine (C=N–C) groups is 1. The molecule has 1 aliphatic heterocycles. The van der Waals surface area contributed by atoms with E-state index in [-0.39, 0.29) is 24.2 Å². The molecule has 1 aromatic heterocycles. The molecule has 0 bridgehead atoms. The average Bonchev–Trinajstić information content (AvgIpc) is 2.88. The normalized spacial score (nSPS) is 18.7. The molecule has 1 aromatic carbocycles. The van der Waals surface area contributed by atoms with Crippen LogP contribution in [0.4, 0.5) is 11.6 Å². The Bertz CT molecular complexity index is 736. The summed E-state index contributed by atoms with van der Waals surface area (Å²) in [5, 5.41) is 5.28. The van der Waals surface area contributed by atoms with Crippen molar-refractivity contribution in [1.82, 2.24) is 15.3 Å². The van der Waals surface area contributed by atoms with Crippen LogP contribution < -0.4 is 10.6 Å². The van der Waals surface area contributed by atoms with E-state index in [1.807, 2.05) is 18.2 Å². The molecule has 0 spiro atoms. The maximum absolute atomic E-state index is 12.0. The average molecular weight is 327 g/mol. The van der Waals surface area contributed by atoms with Gasteiger partial charge in [0.05, 0.1) is 0 Å². The minimum atomic E-state index is -0.513. The number of nitrogens with zero attached hydrogens (tertiary/aromatic N) is 3. The summed E-state index contributed by atoms with van der Waals surface area (Å²) in [5.74, 6) is -0.196. The summed E-state index contributed by atoms with van der Waals surface area (Å²) in [4.78, 5) is 36.0. The van der Waals surface area contributed by atoms with Gasteiger partial charge < -0.3 is 10.6 Å². The van der Waals surface area contributed by atoms with Crippen LogP contribution in [0.5, 0.6) is 0 Å². The highest BCUT2D eigenvalue weighted by atomic mass is 32.2. The van der Waals surface area contributed by atoms with Crippen molar-refractivity contribution in [3.05, 3.63) is 48.8 Å². The Balaban J connectivity index is 1.60. The molecule has 23 heavy (non-hydrogen) atoms. The lowest BCUT2D eigenvalue weighted by Gasteiger charge is -2.06. The number of thioether (sulfide) groups is 1. The summed E-state index contributed by atoms with van der Waals surface area (Å²) in [7, 11) is 0. The Morgan fingerprint density at radius 2 is 1.96 bits per heavy atom. The van der Waals surface area contributed by atoms with Crippen LogP contribution in [0.3, 0.4) is 0 Å². The smallest absolute Gasteiger partial charge is 0.251 e. The number of aromatic nitrogens is 2. The van der Waals surface area contributed by atoms with Crippen molar-refractivity contribution in [1.29, 1.82) is 0 Å². The Labute approximate surface area is 136 Å². The first-order valence-electron chi connectivity index (χ1n) is 6.89. The predicted molar refractivity (Wildman–Crippen MR) is 88.3 cm³/mol. The SMILES string of the molecule is O=C(CC1S/C(=N\c2ncccn2)NC1=O)Nc1ccccc1. The van der Waals surface area contributed by atoms with Crippen LogP contribution >= 0.6 is 11.8 Å². The number of nitrogens with one attached hydrogen (secondary N) is 2. The van der Waals surface area contributed by atoms with Crippen LogP contribution in [0.1, 0.15) is 6.42 Å². The Hall–Kier alpha value is -2.74. The van der Waals surface area contributed by atoms with E-state index in [1.165, 1.54) is 11.8 Å². The van der Waals surface area contributed by atoms with Gasteiger partial charge in [-0.3, -0.25) is 9.59 Å². The summed E-state index contributed by atoms with van der Waals surface area (Å²) in [6.45, 7) is 0. The summed E-state index contributed by atoms with van der Waals surface area (Å²) in [6.07, 6.45) is 3.21. The first-order chi connectivity index (χ1) is 11.2. The molecule has 2 N–H and O–H groups in total. The molecule has 1 aliphatic rings. The van der Waals surface area contributed by atoms with Gasteiger partial charge >= 0.3 is 0 Å². The Morgan fingerprint density at radius 1 is 1.22 bits per heavy atom. The van der Waals surface area contributed by atoms with E-state index >= 15 is 0 Å². The van der Waals surface area contributed by atoms with Gasteiger partial charge in [0.25, 0.3) is 5.95 Å². The number of para-hydroxylation sites is 1. The topological polar surface area (TPSA) is 96.3 Å². The highest BCUT2D eigenvalue weighted by Gasteiger charge is 2.32. The second kappa shape index (κ2) is 7.01.